The molecule has 1 aliphatic rings. The molecule has 0 atom stereocenters. The van der Waals surface area contributed by atoms with Gasteiger partial charge >= 0.3 is 17.8 Å². The van der Waals surface area contributed by atoms with Crippen molar-refractivity contribution in [3.8, 4) is 11.8 Å². The van der Waals surface area contributed by atoms with E-state index >= 15 is 0 Å². The number of fused-ring (bicyclic) bond motifs is 1. The highest BCUT2D eigenvalue weighted by Crippen LogP contribution is 2.20. The molecule has 0 radical (unpaired) electrons. The third-order valence-electron chi connectivity index (χ3n) is 5.50. The van der Waals surface area contributed by atoms with Gasteiger partial charge in [-0.05, 0) is 24.6 Å². The Kier molecular flexibility index (Phi) is 8.67. The lowest BCUT2D eigenvalue weighted by Gasteiger charge is -2.28. The van der Waals surface area contributed by atoms with Gasteiger partial charge in [0.1, 0.15) is 0 Å². The summed E-state index contributed by atoms with van der Waals surface area (Å²) in [6.07, 6.45) is -5.08. The molecule has 0 spiro atoms. The first-order valence-corrected chi connectivity index (χ1v) is 11.4. The Balaban J connectivity index is 0.000000479. The van der Waals surface area contributed by atoms with Crippen LogP contribution in [-0.2, 0) is 24.9 Å². The molecule has 37 heavy (non-hydrogen) atoms. The summed E-state index contributed by atoms with van der Waals surface area (Å²) < 4.78 is 36.2. The minimum absolute atomic E-state index is 0.135. The van der Waals surface area contributed by atoms with E-state index in [1.807, 2.05) is 10.6 Å². The van der Waals surface area contributed by atoms with E-state index in [1.165, 1.54) is 9.13 Å². The smallest absolute Gasteiger partial charge is 0.475 e. The molecule has 0 amide bonds. The highest BCUT2D eigenvalue weighted by Gasteiger charge is 2.38. The summed E-state index contributed by atoms with van der Waals surface area (Å²) in [7, 11) is 1.64. The number of piperazine rings is 1. The molecule has 0 saturated carbocycles. The van der Waals surface area contributed by atoms with Crippen LogP contribution in [0.4, 0.5) is 19.1 Å². The molecule has 14 heteroatoms. The third kappa shape index (κ3) is 6.33. The number of rotatable bonds is 4. The van der Waals surface area contributed by atoms with Crippen molar-refractivity contribution in [3.63, 3.8) is 0 Å². The van der Waals surface area contributed by atoms with Crippen LogP contribution in [0.5, 0.6) is 0 Å². The van der Waals surface area contributed by atoms with Crippen LogP contribution in [-0.4, -0.2) is 62.1 Å². The Morgan fingerprint density at radius 1 is 1.22 bits per heavy atom. The minimum atomic E-state index is -5.08. The number of aryl methyl sites for hydroxylation is 1. The van der Waals surface area contributed by atoms with Crippen LogP contribution in [0.15, 0.2) is 33.9 Å². The highest BCUT2D eigenvalue weighted by atomic mass is 35.5. The van der Waals surface area contributed by atoms with Crippen molar-refractivity contribution in [2.24, 2.45) is 7.05 Å². The Morgan fingerprint density at radius 3 is 2.43 bits per heavy atom. The Bertz CT molecular complexity index is 1480. The highest BCUT2D eigenvalue weighted by molar-refractivity contribution is 6.30. The Labute approximate surface area is 213 Å². The summed E-state index contributed by atoms with van der Waals surface area (Å²) in [5.41, 5.74) is 0.752. The quantitative estimate of drug-likeness (QED) is 0.484. The van der Waals surface area contributed by atoms with Crippen LogP contribution in [0.25, 0.3) is 11.2 Å². The van der Waals surface area contributed by atoms with Crippen molar-refractivity contribution in [2.45, 2.75) is 26.2 Å². The van der Waals surface area contributed by atoms with E-state index < -0.39 is 17.8 Å². The molecule has 1 aliphatic heterocycles. The standard InChI is InChI=1S/C21H23ClN6O2.C2HF3O2/c1-3-4-10-27-17-18(24-20(27)26-11-8-23-9-12-26)25(2)21(30)28(19(17)29)14-15-6-5-7-16(22)13-15;3-2(4,5)1(6)7/h5-7,13,23H,8-12,14H2,1-2H3;(H,6,7). The molecule has 198 valence electrons. The van der Waals surface area contributed by atoms with Crippen molar-refractivity contribution < 1.29 is 23.1 Å². The molecular formula is C23H24ClF3N6O4. The molecule has 0 unspecified atom stereocenters. The normalized spacial score (nSPS) is 13.5. The maximum absolute atomic E-state index is 13.4. The number of anilines is 1. The third-order valence-corrected chi connectivity index (χ3v) is 5.73. The Hall–Kier alpha value is -3.76. The van der Waals surface area contributed by atoms with E-state index in [4.69, 9.17) is 26.5 Å². The molecule has 4 rings (SSSR count). The Morgan fingerprint density at radius 2 is 1.86 bits per heavy atom. The number of benzene rings is 1. The van der Waals surface area contributed by atoms with E-state index in [2.05, 4.69) is 22.1 Å². The van der Waals surface area contributed by atoms with Gasteiger partial charge in [0.25, 0.3) is 5.56 Å². The van der Waals surface area contributed by atoms with Gasteiger partial charge in [-0.15, -0.1) is 5.92 Å². The second-order valence-electron chi connectivity index (χ2n) is 8.00. The first-order valence-electron chi connectivity index (χ1n) is 11.1. The van der Waals surface area contributed by atoms with Gasteiger partial charge in [0.2, 0.25) is 5.95 Å². The maximum Gasteiger partial charge on any atom is 0.490 e. The van der Waals surface area contributed by atoms with Crippen molar-refractivity contribution in [3.05, 3.63) is 55.7 Å². The number of carboxylic acids is 1. The molecule has 3 aromatic rings. The lowest BCUT2D eigenvalue weighted by Crippen LogP contribution is -2.44. The number of halogens is 4. The second kappa shape index (κ2) is 11.5. The fourth-order valence-electron chi connectivity index (χ4n) is 3.73. The summed E-state index contributed by atoms with van der Waals surface area (Å²) in [5, 5.41) is 11.0. The zero-order valence-corrected chi connectivity index (χ0v) is 20.7. The van der Waals surface area contributed by atoms with Crippen LogP contribution < -0.4 is 21.5 Å². The molecule has 0 aliphatic carbocycles. The molecule has 0 bridgehead atoms. The first kappa shape index (κ1) is 27.8. The van der Waals surface area contributed by atoms with Crippen molar-refractivity contribution in [1.82, 2.24) is 24.0 Å². The zero-order valence-electron chi connectivity index (χ0n) is 20.0. The van der Waals surface area contributed by atoms with E-state index in [1.54, 1.807) is 32.2 Å². The van der Waals surface area contributed by atoms with Gasteiger partial charge in [0.05, 0.1) is 13.1 Å². The van der Waals surface area contributed by atoms with E-state index in [0.717, 1.165) is 31.7 Å². The van der Waals surface area contributed by atoms with Crippen molar-refractivity contribution in [2.75, 3.05) is 31.1 Å². The van der Waals surface area contributed by atoms with Crippen LogP contribution >= 0.6 is 11.6 Å². The summed E-state index contributed by atoms with van der Waals surface area (Å²) in [5.74, 6) is 3.83. The van der Waals surface area contributed by atoms with Gasteiger partial charge in [-0.2, -0.15) is 18.2 Å². The summed E-state index contributed by atoms with van der Waals surface area (Å²) >= 11 is 6.08. The molecule has 2 aromatic heterocycles. The molecule has 10 nitrogen and oxygen atoms in total. The topological polar surface area (TPSA) is 114 Å². The predicted molar refractivity (Wildman–Crippen MR) is 132 cm³/mol. The molecular weight excluding hydrogens is 517 g/mol. The number of nitrogens with one attached hydrogen (secondary N) is 1. The number of hydrogen-bond donors (Lipinski definition) is 2. The summed E-state index contributed by atoms with van der Waals surface area (Å²) in [4.78, 5) is 42.2. The number of carbonyl (C=O) groups is 1. The fraction of sp³-hybridized carbons (Fsp3) is 0.391. The van der Waals surface area contributed by atoms with Crippen LogP contribution in [0.2, 0.25) is 5.02 Å². The zero-order chi connectivity index (χ0) is 27.3. The molecule has 1 fully saturated rings. The monoisotopic (exact) mass is 540 g/mol. The maximum atomic E-state index is 13.4. The van der Waals surface area contributed by atoms with Crippen LogP contribution in [0, 0.1) is 11.8 Å². The molecule has 2 N–H and O–H groups in total. The van der Waals surface area contributed by atoms with Gasteiger partial charge < -0.3 is 15.3 Å². The van der Waals surface area contributed by atoms with Crippen molar-refractivity contribution >= 4 is 34.7 Å². The summed E-state index contributed by atoms with van der Waals surface area (Å²) in [6.45, 7) is 5.44. The van der Waals surface area contributed by atoms with Crippen LogP contribution in [0.1, 0.15) is 12.5 Å². The molecule has 1 aromatic carbocycles. The number of nitrogens with zero attached hydrogens (tertiary/aromatic N) is 5. The van der Waals surface area contributed by atoms with E-state index in [0.29, 0.717) is 28.7 Å². The largest absolute Gasteiger partial charge is 0.490 e. The van der Waals surface area contributed by atoms with Gasteiger partial charge in [0, 0.05) is 38.2 Å². The van der Waals surface area contributed by atoms with Gasteiger partial charge in [-0.3, -0.25) is 18.5 Å². The predicted octanol–water partition coefficient (Wildman–Crippen LogP) is 1.66. The molecule has 1 saturated heterocycles. The number of carboxylic acid groups (broad SMARTS) is 1. The lowest BCUT2D eigenvalue weighted by atomic mass is 10.2. The number of aromatic nitrogens is 4. The summed E-state index contributed by atoms with van der Waals surface area (Å²) in [6, 6.07) is 7.15. The SMILES string of the molecule is CC#CCn1c(N2CCNCC2)nc2c1c(=O)n(Cc1cccc(Cl)c1)c(=O)n2C.O=C(O)C(F)(F)F. The van der Waals surface area contributed by atoms with Gasteiger partial charge in [0.15, 0.2) is 11.2 Å². The number of aliphatic carboxylic acids is 1. The lowest BCUT2D eigenvalue weighted by molar-refractivity contribution is -0.192. The van der Waals surface area contributed by atoms with Crippen LogP contribution in [0.3, 0.4) is 0 Å². The molecule has 3 heterocycles. The van der Waals surface area contributed by atoms with Gasteiger partial charge in [-0.25, -0.2) is 9.59 Å². The van der Waals surface area contributed by atoms with E-state index in [-0.39, 0.29) is 12.1 Å². The average molecular weight is 541 g/mol. The number of imidazole rings is 1. The second-order valence-corrected chi connectivity index (χ2v) is 8.44. The average Bonchev–Trinajstić information content (AvgIpc) is 3.24. The fourth-order valence-corrected chi connectivity index (χ4v) is 3.94. The van der Waals surface area contributed by atoms with Crippen molar-refractivity contribution in [1.29, 1.82) is 0 Å². The number of alkyl halides is 3. The van der Waals surface area contributed by atoms with Gasteiger partial charge in [-0.1, -0.05) is 29.7 Å². The first-order chi connectivity index (χ1) is 17.5. The minimum Gasteiger partial charge on any atom is -0.475 e. The number of hydrogen-bond acceptors (Lipinski definition) is 6. The van der Waals surface area contributed by atoms with E-state index in [9.17, 15) is 22.8 Å².